The second kappa shape index (κ2) is 23.9. The molecule has 2 saturated heterocycles. The molecule has 67 heavy (non-hydrogen) atoms. The van der Waals surface area contributed by atoms with Gasteiger partial charge in [0, 0.05) is 34.8 Å². The molecule has 5 aliphatic rings. The molecular weight excluding hydrogens is 900 g/mol. The lowest BCUT2D eigenvalue weighted by molar-refractivity contribution is -0.327. The summed E-state index contributed by atoms with van der Waals surface area (Å²) in [6.07, 6.45) is -17.7. The van der Waals surface area contributed by atoms with Crippen LogP contribution in [0.2, 0.25) is 0 Å². The lowest BCUT2D eigenvalue weighted by atomic mass is 9.85. The Kier molecular flexibility index (Phi) is 19.2. The molecule has 1 aliphatic carbocycles. The second-order valence-corrected chi connectivity index (χ2v) is 16.7. The maximum Gasteiger partial charge on any atom is 0.337 e. The summed E-state index contributed by atoms with van der Waals surface area (Å²) in [5.74, 6) is -7.80. The number of ether oxygens (including phenoxy) is 10. The van der Waals surface area contributed by atoms with Crippen molar-refractivity contribution in [2.24, 2.45) is 29.6 Å². The van der Waals surface area contributed by atoms with E-state index in [1.54, 1.807) is 13.8 Å². The van der Waals surface area contributed by atoms with E-state index in [1.165, 1.54) is 19.1 Å². The zero-order valence-electron chi connectivity index (χ0n) is 37.4. The molecule has 24 heteroatoms. The third-order valence-corrected chi connectivity index (χ3v) is 12.9. The Morgan fingerprint density at radius 3 is 1.54 bits per heavy atom. The molecular formula is C43H62O24. The lowest BCUT2D eigenvalue weighted by Gasteiger charge is -2.42. The van der Waals surface area contributed by atoms with Crippen LogP contribution in [0.15, 0.2) is 47.0 Å². The number of allylic oxidation sites excluding steroid dienone is 2. The van der Waals surface area contributed by atoms with Crippen molar-refractivity contribution in [3.8, 4) is 0 Å². The van der Waals surface area contributed by atoms with Crippen LogP contribution in [0.25, 0.3) is 0 Å². The van der Waals surface area contributed by atoms with Crippen molar-refractivity contribution in [1.82, 2.24) is 0 Å². The molecule has 4 heterocycles. The first-order valence-electron chi connectivity index (χ1n) is 21.7. The largest absolute Gasteiger partial charge is 0.468 e. The van der Waals surface area contributed by atoms with Crippen LogP contribution in [0.5, 0.6) is 0 Å². The Morgan fingerprint density at radius 2 is 1.13 bits per heavy atom. The van der Waals surface area contributed by atoms with E-state index in [0.717, 1.165) is 26.7 Å². The number of hydrogen-bond donors (Lipinski definition) is 10. The number of aliphatic hydroxyl groups is 10. The summed E-state index contributed by atoms with van der Waals surface area (Å²) in [4.78, 5) is 53.2. The first-order valence-corrected chi connectivity index (χ1v) is 21.7. The van der Waals surface area contributed by atoms with Crippen LogP contribution in [0.3, 0.4) is 0 Å². The molecule has 0 aromatic rings. The Morgan fingerprint density at radius 1 is 0.687 bits per heavy atom. The summed E-state index contributed by atoms with van der Waals surface area (Å²) in [6, 6.07) is 0. The van der Waals surface area contributed by atoms with Crippen LogP contribution < -0.4 is 0 Å². The van der Waals surface area contributed by atoms with E-state index in [9.17, 15) is 70.2 Å². The van der Waals surface area contributed by atoms with Gasteiger partial charge in [-0.15, -0.1) is 0 Å². The van der Waals surface area contributed by atoms with Gasteiger partial charge in [0.25, 0.3) is 0 Å². The number of carbonyl (C=O) groups excluding carboxylic acids is 4. The predicted molar refractivity (Wildman–Crippen MR) is 218 cm³/mol. The van der Waals surface area contributed by atoms with Crippen LogP contribution in [0.1, 0.15) is 40.0 Å². The molecule has 0 spiro atoms. The van der Waals surface area contributed by atoms with Crippen molar-refractivity contribution in [2.75, 3.05) is 40.6 Å². The van der Waals surface area contributed by atoms with Gasteiger partial charge in [-0.3, -0.25) is 9.59 Å². The van der Waals surface area contributed by atoms with E-state index in [1.807, 2.05) is 0 Å². The SMILES string of the molecule is C/C=C1/[C@H](O[C@@H]2O[C@H](CO)[C@@H](O)[C@H](O)[C@H]2O)OC=C(C(=O)OC)[C@H]1CC(=O)OC[C@@H]1[C@@H](C)[C@H](O)C[C@H]1[C@H](CO)OC(=O)C[C@@H]1C(C(=O)OC)=CO[C@@H](O[C@@H]2O[C@H](CO)[C@@H](O)[C@H](O)[C@H]2O)/C1=C/C. The molecule has 378 valence electrons. The number of methoxy groups -OCH3 is 2. The molecule has 19 atom stereocenters. The smallest absolute Gasteiger partial charge is 0.337 e. The Hall–Kier alpha value is -4.12. The zero-order valence-corrected chi connectivity index (χ0v) is 37.4. The Labute approximate surface area is 384 Å². The minimum atomic E-state index is -1.81. The number of aliphatic hydroxyl groups excluding tert-OH is 10. The fourth-order valence-electron chi connectivity index (χ4n) is 8.96. The van der Waals surface area contributed by atoms with E-state index in [0.29, 0.717) is 0 Å². The van der Waals surface area contributed by atoms with Gasteiger partial charge in [0.05, 0.1) is 83.3 Å². The molecule has 4 aliphatic heterocycles. The second-order valence-electron chi connectivity index (χ2n) is 16.7. The maximum absolute atomic E-state index is 13.8. The standard InChI is InChI=1S/C43H62O24/c1-6-18-20(24(38(56)58-4)15-61-40(18)66-42-36(54)34(52)32(50)28(12-45)64-42)9-30(48)60-14-23-17(3)26(47)8-22(23)27(11-44)63-31(49)10-21-19(7-2)41(62-16-25(21)39(57)59-5)67-43-37(55)35(53)33(51)29(13-46)65-43/h6-7,15-17,20-23,26-29,32-37,40-47,50-55H,8-14H2,1-5H3/b18-6+,19-7+/t17-,20+,21+,22-,23-,26-,27+,28-,29-,32-,33-,34+,35+,36-,37-,40+,41+,42+,43+/m1/s1. The van der Waals surface area contributed by atoms with Gasteiger partial charge in [-0.2, -0.15) is 0 Å². The summed E-state index contributed by atoms with van der Waals surface area (Å²) in [5.41, 5.74) is 0.0707. The molecule has 10 N–H and O–H groups in total. The number of rotatable bonds is 17. The van der Waals surface area contributed by atoms with E-state index in [-0.39, 0.29) is 35.3 Å². The minimum Gasteiger partial charge on any atom is -0.468 e. The van der Waals surface area contributed by atoms with Crippen LogP contribution in [0, 0.1) is 29.6 Å². The normalized spacial score (nSPS) is 39.3. The molecule has 0 aromatic carbocycles. The monoisotopic (exact) mass is 962 g/mol. The van der Waals surface area contributed by atoms with E-state index in [4.69, 9.17) is 47.4 Å². The molecule has 3 fully saturated rings. The first kappa shape index (κ1) is 53.8. The third-order valence-electron chi connectivity index (χ3n) is 12.9. The van der Waals surface area contributed by atoms with Gasteiger partial charge < -0.3 is 98.4 Å². The molecule has 5 rings (SSSR count). The van der Waals surface area contributed by atoms with Crippen molar-refractivity contribution in [3.05, 3.63) is 47.0 Å². The van der Waals surface area contributed by atoms with Gasteiger partial charge >= 0.3 is 23.9 Å². The van der Waals surface area contributed by atoms with E-state index >= 15 is 0 Å². The number of hydrogen-bond acceptors (Lipinski definition) is 24. The zero-order chi connectivity index (χ0) is 49.4. The average Bonchev–Trinajstić information content (AvgIpc) is 3.61. The van der Waals surface area contributed by atoms with Crippen molar-refractivity contribution >= 4 is 23.9 Å². The predicted octanol–water partition coefficient (Wildman–Crippen LogP) is -3.57. The minimum absolute atomic E-state index is 0.0104. The summed E-state index contributed by atoms with van der Waals surface area (Å²) in [6.45, 7) is 2.22. The molecule has 0 unspecified atom stereocenters. The van der Waals surface area contributed by atoms with Crippen molar-refractivity contribution in [1.29, 1.82) is 0 Å². The lowest BCUT2D eigenvalue weighted by Crippen LogP contribution is -2.60. The van der Waals surface area contributed by atoms with Crippen LogP contribution in [0.4, 0.5) is 0 Å². The van der Waals surface area contributed by atoms with Gasteiger partial charge in [0.15, 0.2) is 12.6 Å². The molecule has 24 nitrogen and oxygen atoms in total. The molecule has 0 radical (unpaired) electrons. The van der Waals surface area contributed by atoms with Crippen LogP contribution >= 0.6 is 0 Å². The van der Waals surface area contributed by atoms with Gasteiger partial charge in [-0.1, -0.05) is 19.1 Å². The van der Waals surface area contributed by atoms with Crippen LogP contribution in [-0.2, 0) is 66.5 Å². The van der Waals surface area contributed by atoms with Crippen LogP contribution in [-0.4, -0.2) is 202 Å². The quantitative estimate of drug-likeness (QED) is 0.0383. The van der Waals surface area contributed by atoms with Gasteiger partial charge in [0.2, 0.25) is 12.6 Å². The number of esters is 4. The summed E-state index contributed by atoms with van der Waals surface area (Å²) < 4.78 is 55.1. The Balaban J connectivity index is 1.27. The third kappa shape index (κ3) is 11.8. The van der Waals surface area contributed by atoms with Crippen molar-refractivity contribution in [2.45, 2.75) is 126 Å². The summed E-state index contributed by atoms with van der Waals surface area (Å²) in [7, 11) is 2.21. The topological polar surface area (TPSA) is 363 Å². The van der Waals surface area contributed by atoms with Crippen molar-refractivity contribution in [3.63, 3.8) is 0 Å². The molecule has 1 saturated carbocycles. The average molecular weight is 963 g/mol. The summed E-state index contributed by atoms with van der Waals surface area (Å²) >= 11 is 0. The molecule has 0 bridgehead atoms. The van der Waals surface area contributed by atoms with Gasteiger partial charge in [-0.25, -0.2) is 9.59 Å². The summed E-state index contributed by atoms with van der Waals surface area (Å²) in [5, 5.41) is 103. The highest BCUT2D eigenvalue weighted by atomic mass is 16.8. The highest BCUT2D eigenvalue weighted by Gasteiger charge is 2.50. The van der Waals surface area contributed by atoms with Gasteiger partial charge in [-0.05, 0) is 26.2 Å². The van der Waals surface area contributed by atoms with E-state index in [2.05, 4.69) is 0 Å². The van der Waals surface area contributed by atoms with Crippen molar-refractivity contribution < 1.29 is 118 Å². The highest BCUT2D eigenvalue weighted by Crippen LogP contribution is 2.42. The first-order chi connectivity index (χ1) is 31.9. The highest BCUT2D eigenvalue weighted by molar-refractivity contribution is 5.91. The van der Waals surface area contributed by atoms with E-state index < -0.39 is 172 Å². The molecule has 0 aromatic heterocycles. The Bertz CT molecular complexity index is 1840. The molecule has 0 amide bonds. The van der Waals surface area contributed by atoms with Gasteiger partial charge in [0.1, 0.15) is 54.9 Å². The number of carbonyl (C=O) groups is 4. The fraction of sp³-hybridized carbons (Fsp3) is 0.721. The fourth-order valence-corrected chi connectivity index (χ4v) is 8.96. The maximum atomic E-state index is 13.8.